The van der Waals surface area contributed by atoms with E-state index in [2.05, 4.69) is 42.0 Å². The molecule has 0 saturated carbocycles. The van der Waals surface area contributed by atoms with Crippen molar-refractivity contribution in [2.24, 2.45) is 0 Å². The van der Waals surface area contributed by atoms with Crippen LogP contribution >= 0.6 is 7.92 Å². The quantitative estimate of drug-likeness (QED) is 0.446. The van der Waals surface area contributed by atoms with Crippen LogP contribution in [0.1, 0.15) is 37.4 Å². The summed E-state index contributed by atoms with van der Waals surface area (Å²) in [5, 5.41) is 0. The Morgan fingerprint density at radius 1 is 1.05 bits per heavy atom. The topological polar surface area (TPSA) is 12.9 Å². The van der Waals surface area contributed by atoms with Gasteiger partial charge >= 0.3 is 0 Å². The molecule has 3 heteroatoms. The predicted octanol–water partition coefficient (Wildman–Crippen LogP) is 5.75. The summed E-state index contributed by atoms with van der Waals surface area (Å²) < 4.78 is 14.6. The molecule has 1 aromatic carbocycles. The average molecular weight is 317 g/mol. The van der Waals surface area contributed by atoms with Gasteiger partial charge in [0.1, 0.15) is 5.67 Å². The maximum atomic E-state index is 14.6. The van der Waals surface area contributed by atoms with Gasteiger partial charge in [-0.1, -0.05) is 36.4 Å². The van der Waals surface area contributed by atoms with Crippen LogP contribution in [0, 0.1) is 0 Å². The second kappa shape index (κ2) is 8.39. The van der Waals surface area contributed by atoms with Crippen molar-refractivity contribution in [3.8, 4) is 0 Å². The highest BCUT2D eigenvalue weighted by atomic mass is 31.1. The van der Waals surface area contributed by atoms with E-state index < -0.39 is 5.67 Å². The average Bonchev–Trinajstić information content (AvgIpc) is 2.53. The van der Waals surface area contributed by atoms with Gasteiger partial charge in [-0.25, -0.2) is 4.39 Å². The fourth-order valence-corrected chi connectivity index (χ4v) is 4.37. The molecule has 22 heavy (non-hydrogen) atoms. The van der Waals surface area contributed by atoms with E-state index in [0.717, 1.165) is 12.8 Å². The Morgan fingerprint density at radius 2 is 1.77 bits per heavy atom. The lowest BCUT2D eigenvalue weighted by Gasteiger charge is -2.20. The summed E-state index contributed by atoms with van der Waals surface area (Å²) in [4.78, 5) is 4.15. The SMILES string of the molecule is CP(CCCCC(C)(F)c1ccccn1)Cc1ccccc1. The van der Waals surface area contributed by atoms with Gasteiger partial charge in [0, 0.05) is 6.20 Å². The Kier molecular flexibility index (Phi) is 6.51. The largest absolute Gasteiger partial charge is 0.258 e. The molecule has 0 amide bonds. The van der Waals surface area contributed by atoms with E-state index in [1.165, 1.54) is 17.9 Å². The van der Waals surface area contributed by atoms with Gasteiger partial charge in [-0.2, -0.15) is 0 Å². The van der Waals surface area contributed by atoms with Crippen LogP contribution < -0.4 is 0 Å². The van der Waals surface area contributed by atoms with E-state index in [9.17, 15) is 4.39 Å². The summed E-state index contributed by atoms with van der Waals surface area (Å²) in [6.45, 7) is 3.99. The van der Waals surface area contributed by atoms with Gasteiger partial charge in [0.15, 0.2) is 0 Å². The van der Waals surface area contributed by atoms with Gasteiger partial charge in [0.2, 0.25) is 0 Å². The molecule has 0 fully saturated rings. The first kappa shape index (κ1) is 17.1. The smallest absolute Gasteiger partial charge is 0.149 e. The number of alkyl halides is 1. The van der Waals surface area contributed by atoms with E-state index in [0.29, 0.717) is 12.1 Å². The standard InChI is InChI=1S/C19H25FNP/c1-19(20,18-12-6-8-14-21-18)13-7-9-15-22(2)16-17-10-4-3-5-11-17/h3-6,8,10-12,14H,7,9,13,15-16H2,1-2H3. The van der Waals surface area contributed by atoms with Crippen LogP contribution in [0.5, 0.6) is 0 Å². The van der Waals surface area contributed by atoms with Crippen molar-refractivity contribution in [2.45, 2.75) is 38.0 Å². The second-order valence-corrected chi connectivity index (χ2v) is 8.57. The Bertz CT molecular complexity index is 542. The summed E-state index contributed by atoms with van der Waals surface area (Å²) in [6, 6.07) is 16.1. The van der Waals surface area contributed by atoms with Crippen LogP contribution in [-0.4, -0.2) is 17.8 Å². The minimum Gasteiger partial charge on any atom is -0.258 e. The molecule has 0 aliphatic heterocycles. The van der Waals surface area contributed by atoms with Crippen molar-refractivity contribution < 1.29 is 4.39 Å². The third-order valence-corrected chi connectivity index (χ3v) is 5.92. The zero-order chi connectivity index (χ0) is 15.8. The van der Waals surface area contributed by atoms with E-state index >= 15 is 0 Å². The van der Waals surface area contributed by atoms with E-state index in [-0.39, 0.29) is 7.92 Å². The molecular formula is C19H25FNP. The number of halogens is 1. The van der Waals surface area contributed by atoms with Gasteiger partial charge in [0.05, 0.1) is 5.69 Å². The Balaban J connectivity index is 1.70. The van der Waals surface area contributed by atoms with E-state index in [1.54, 1.807) is 19.2 Å². The molecule has 1 aromatic heterocycles. The highest BCUT2D eigenvalue weighted by Crippen LogP contribution is 2.37. The molecule has 0 saturated heterocycles. The van der Waals surface area contributed by atoms with Crippen molar-refractivity contribution >= 4 is 7.92 Å². The highest BCUT2D eigenvalue weighted by molar-refractivity contribution is 7.55. The number of hydrogen-bond acceptors (Lipinski definition) is 1. The van der Waals surface area contributed by atoms with Crippen LogP contribution in [-0.2, 0) is 11.8 Å². The number of benzene rings is 1. The number of aromatic nitrogens is 1. The van der Waals surface area contributed by atoms with E-state index in [4.69, 9.17) is 0 Å². The summed E-state index contributed by atoms with van der Waals surface area (Å²) in [7, 11) is 0.00336. The fourth-order valence-electron chi connectivity index (χ4n) is 2.61. The number of hydrogen-bond donors (Lipinski definition) is 0. The minimum absolute atomic E-state index is 0.00336. The fraction of sp³-hybridized carbons (Fsp3) is 0.421. The third kappa shape index (κ3) is 5.50. The zero-order valence-electron chi connectivity index (χ0n) is 13.5. The van der Waals surface area contributed by atoms with E-state index in [1.807, 2.05) is 12.1 Å². The molecule has 118 valence electrons. The molecule has 2 atom stereocenters. The van der Waals surface area contributed by atoms with Crippen molar-refractivity contribution in [2.75, 3.05) is 12.8 Å². The van der Waals surface area contributed by atoms with Gasteiger partial charge < -0.3 is 0 Å². The lowest BCUT2D eigenvalue weighted by Crippen LogP contribution is -2.16. The predicted molar refractivity (Wildman–Crippen MR) is 94.4 cm³/mol. The lowest BCUT2D eigenvalue weighted by molar-refractivity contribution is 0.166. The maximum Gasteiger partial charge on any atom is 0.149 e. The first-order valence-electron chi connectivity index (χ1n) is 7.91. The molecule has 2 rings (SSSR count). The molecule has 0 aliphatic carbocycles. The summed E-state index contributed by atoms with van der Waals surface area (Å²) in [5.74, 6) is 0. The van der Waals surface area contributed by atoms with Crippen LogP contribution in [0.3, 0.4) is 0 Å². The molecule has 2 unspecified atom stereocenters. The van der Waals surface area contributed by atoms with Crippen LogP contribution in [0.15, 0.2) is 54.7 Å². The molecule has 0 aliphatic rings. The first-order valence-corrected chi connectivity index (χ1v) is 10.1. The summed E-state index contributed by atoms with van der Waals surface area (Å²) >= 11 is 0. The van der Waals surface area contributed by atoms with Crippen LogP contribution in [0.25, 0.3) is 0 Å². The van der Waals surface area contributed by atoms with Crippen molar-refractivity contribution in [1.29, 1.82) is 0 Å². The minimum atomic E-state index is -1.31. The molecular weight excluding hydrogens is 292 g/mol. The zero-order valence-corrected chi connectivity index (χ0v) is 14.4. The first-order chi connectivity index (χ1) is 10.6. The van der Waals surface area contributed by atoms with Gasteiger partial charge in [-0.05, 0) is 62.9 Å². The Morgan fingerprint density at radius 3 is 2.45 bits per heavy atom. The number of pyridine rings is 1. The van der Waals surface area contributed by atoms with Crippen LogP contribution in [0.4, 0.5) is 4.39 Å². The molecule has 0 spiro atoms. The number of nitrogens with zero attached hydrogens (tertiary/aromatic N) is 1. The Labute approximate surface area is 134 Å². The van der Waals surface area contributed by atoms with Gasteiger partial charge in [-0.3, -0.25) is 4.98 Å². The normalized spacial score (nSPS) is 15.2. The molecule has 1 nitrogen and oxygen atoms in total. The molecule has 0 N–H and O–H groups in total. The number of rotatable bonds is 8. The summed E-state index contributed by atoms with van der Waals surface area (Å²) in [6.07, 6.45) is 6.62. The van der Waals surface area contributed by atoms with Crippen LogP contribution in [0.2, 0.25) is 0 Å². The Hall–Kier alpha value is -1.27. The second-order valence-electron chi connectivity index (χ2n) is 6.09. The van der Waals surface area contributed by atoms with Gasteiger partial charge in [-0.15, -0.1) is 7.92 Å². The maximum absolute atomic E-state index is 14.6. The molecule has 0 bridgehead atoms. The lowest BCUT2D eigenvalue weighted by atomic mass is 9.97. The highest BCUT2D eigenvalue weighted by Gasteiger charge is 2.26. The summed E-state index contributed by atoms with van der Waals surface area (Å²) in [5.41, 5.74) is 0.662. The van der Waals surface area contributed by atoms with Gasteiger partial charge in [0.25, 0.3) is 0 Å². The number of unbranched alkanes of at least 4 members (excludes halogenated alkanes) is 1. The van der Waals surface area contributed by atoms with Crippen molar-refractivity contribution in [3.05, 3.63) is 66.0 Å². The van der Waals surface area contributed by atoms with Crippen molar-refractivity contribution in [3.63, 3.8) is 0 Å². The molecule has 1 heterocycles. The molecule has 0 radical (unpaired) electrons. The molecule has 2 aromatic rings. The van der Waals surface area contributed by atoms with Crippen molar-refractivity contribution in [1.82, 2.24) is 4.98 Å². The third-order valence-electron chi connectivity index (χ3n) is 3.93. The monoisotopic (exact) mass is 317 g/mol.